The second-order valence-electron chi connectivity index (χ2n) is 7.04. The van der Waals surface area contributed by atoms with E-state index in [0.29, 0.717) is 12.1 Å². The van der Waals surface area contributed by atoms with Crippen LogP contribution in [0.1, 0.15) is 77.5 Å². The highest BCUT2D eigenvalue weighted by Gasteiger charge is 2.18. The standard InChI is InChI=1S/C18H33N3/c1-4-12-19-17(14-15(2)3)10-9-16-11-13-21(20-16)18-7-5-6-8-18/h11,13,15,17-19H,4-10,12,14H2,1-3H3. The summed E-state index contributed by atoms with van der Waals surface area (Å²) in [5, 5.41) is 8.51. The second kappa shape index (κ2) is 8.57. The van der Waals surface area contributed by atoms with Crippen molar-refractivity contribution in [2.24, 2.45) is 5.92 Å². The lowest BCUT2D eigenvalue weighted by atomic mass is 9.99. The number of nitrogens with one attached hydrogen (secondary N) is 1. The van der Waals surface area contributed by atoms with Gasteiger partial charge in [0.1, 0.15) is 0 Å². The first-order chi connectivity index (χ1) is 10.2. The zero-order valence-electron chi connectivity index (χ0n) is 14.1. The molecular formula is C18H33N3. The molecule has 1 atom stereocenters. The lowest BCUT2D eigenvalue weighted by Gasteiger charge is -2.20. The van der Waals surface area contributed by atoms with E-state index in [1.54, 1.807) is 0 Å². The van der Waals surface area contributed by atoms with E-state index in [0.717, 1.165) is 18.9 Å². The van der Waals surface area contributed by atoms with Crippen molar-refractivity contribution in [3.05, 3.63) is 18.0 Å². The van der Waals surface area contributed by atoms with Crippen LogP contribution in [-0.4, -0.2) is 22.4 Å². The van der Waals surface area contributed by atoms with Gasteiger partial charge >= 0.3 is 0 Å². The predicted molar refractivity (Wildman–Crippen MR) is 89.6 cm³/mol. The average Bonchev–Trinajstić information content (AvgIpc) is 3.11. The van der Waals surface area contributed by atoms with Crippen LogP contribution < -0.4 is 5.32 Å². The number of aryl methyl sites for hydroxylation is 1. The van der Waals surface area contributed by atoms with Crippen LogP contribution in [-0.2, 0) is 6.42 Å². The Morgan fingerprint density at radius 3 is 2.76 bits per heavy atom. The van der Waals surface area contributed by atoms with Gasteiger partial charge in [0.15, 0.2) is 0 Å². The van der Waals surface area contributed by atoms with E-state index in [4.69, 9.17) is 5.10 Å². The molecule has 1 N–H and O–H groups in total. The molecule has 0 spiro atoms. The summed E-state index contributed by atoms with van der Waals surface area (Å²) < 4.78 is 2.22. The minimum absolute atomic E-state index is 0.640. The fourth-order valence-corrected chi connectivity index (χ4v) is 3.43. The quantitative estimate of drug-likeness (QED) is 0.733. The van der Waals surface area contributed by atoms with Crippen molar-refractivity contribution in [1.29, 1.82) is 0 Å². The molecule has 1 unspecified atom stereocenters. The van der Waals surface area contributed by atoms with Crippen molar-refractivity contribution in [2.75, 3.05) is 6.54 Å². The third-order valence-electron chi connectivity index (χ3n) is 4.55. The zero-order valence-corrected chi connectivity index (χ0v) is 14.1. The number of aromatic nitrogens is 2. The Labute approximate surface area is 130 Å². The summed E-state index contributed by atoms with van der Waals surface area (Å²) in [6.45, 7) is 8.00. The summed E-state index contributed by atoms with van der Waals surface area (Å²) in [5.41, 5.74) is 1.27. The molecule has 1 aliphatic carbocycles. The molecule has 0 bridgehead atoms. The molecule has 0 saturated heterocycles. The fourth-order valence-electron chi connectivity index (χ4n) is 3.43. The monoisotopic (exact) mass is 291 g/mol. The molecule has 120 valence electrons. The van der Waals surface area contributed by atoms with Crippen molar-refractivity contribution in [1.82, 2.24) is 15.1 Å². The SMILES string of the molecule is CCCNC(CCc1ccn(C2CCCC2)n1)CC(C)C. The first-order valence-corrected chi connectivity index (χ1v) is 8.96. The normalized spacial score (nSPS) is 17.7. The second-order valence-corrected chi connectivity index (χ2v) is 7.04. The van der Waals surface area contributed by atoms with Crippen molar-refractivity contribution in [3.63, 3.8) is 0 Å². The fraction of sp³-hybridized carbons (Fsp3) is 0.833. The molecule has 3 nitrogen and oxygen atoms in total. The van der Waals surface area contributed by atoms with Crippen LogP contribution in [0.15, 0.2) is 12.3 Å². The van der Waals surface area contributed by atoms with Gasteiger partial charge in [-0.15, -0.1) is 0 Å². The van der Waals surface area contributed by atoms with Gasteiger partial charge in [-0.3, -0.25) is 4.68 Å². The molecule has 2 rings (SSSR count). The summed E-state index contributed by atoms with van der Waals surface area (Å²) in [7, 11) is 0. The Bertz CT molecular complexity index is 391. The lowest BCUT2D eigenvalue weighted by Crippen LogP contribution is -2.31. The first-order valence-electron chi connectivity index (χ1n) is 8.96. The molecule has 1 fully saturated rings. The molecule has 1 saturated carbocycles. The Morgan fingerprint density at radius 1 is 1.33 bits per heavy atom. The van der Waals surface area contributed by atoms with Crippen molar-refractivity contribution in [3.8, 4) is 0 Å². The molecule has 3 heteroatoms. The maximum atomic E-state index is 4.81. The van der Waals surface area contributed by atoms with Gasteiger partial charge in [-0.05, 0) is 57.1 Å². The van der Waals surface area contributed by atoms with Crippen LogP contribution in [0.3, 0.4) is 0 Å². The topological polar surface area (TPSA) is 29.9 Å². The van der Waals surface area contributed by atoms with Crippen LogP contribution in [0, 0.1) is 5.92 Å². The molecule has 0 radical (unpaired) electrons. The van der Waals surface area contributed by atoms with E-state index in [1.807, 2.05) is 0 Å². The number of hydrogen-bond donors (Lipinski definition) is 1. The summed E-state index contributed by atoms with van der Waals surface area (Å²) >= 11 is 0. The Hall–Kier alpha value is -0.830. The van der Waals surface area contributed by atoms with Crippen molar-refractivity contribution >= 4 is 0 Å². The van der Waals surface area contributed by atoms with Crippen LogP contribution in [0.2, 0.25) is 0 Å². The van der Waals surface area contributed by atoms with Crippen LogP contribution in [0.5, 0.6) is 0 Å². The van der Waals surface area contributed by atoms with Gasteiger partial charge in [0.25, 0.3) is 0 Å². The number of hydrogen-bond acceptors (Lipinski definition) is 2. The highest BCUT2D eigenvalue weighted by atomic mass is 15.3. The highest BCUT2D eigenvalue weighted by Crippen LogP contribution is 2.28. The predicted octanol–water partition coefficient (Wildman–Crippen LogP) is 4.35. The summed E-state index contributed by atoms with van der Waals surface area (Å²) in [5.74, 6) is 0.760. The van der Waals surface area contributed by atoms with Gasteiger partial charge in [0.2, 0.25) is 0 Å². The molecule has 21 heavy (non-hydrogen) atoms. The Balaban J connectivity index is 1.81. The van der Waals surface area contributed by atoms with Gasteiger partial charge in [0, 0.05) is 12.2 Å². The minimum atomic E-state index is 0.640. The summed E-state index contributed by atoms with van der Waals surface area (Å²) in [6, 6.07) is 3.54. The number of rotatable bonds is 9. The molecule has 1 aromatic heterocycles. The average molecular weight is 291 g/mol. The van der Waals surface area contributed by atoms with Crippen LogP contribution >= 0.6 is 0 Å². The van der Waals surface area contributed by atoms with Gasteiger partial charge in [-0.1, -0.05) is 33.6 Å². The van der Waals surface area contributed by atoms with E-state index < -0.39 is 0 Å². The molecule has 1 heterocycles. The van der Waals surface area contributed by atoms with E-state index in [1.165, 1.54) is 50.6 Å². The van der Waals surface area contributed by atoms with Crippen LogP contribution in [0.25, 0.3) is 0 Å². The molecule has 0 aliphatic heterocycles. The minimum Gasteiger partial charge on any atom is -0.314 e. The third-order valence-corrected chi connectivity index (χ3v) is 4.55. The molecule has 0 aromatic carbocycles. The van der Waals surface area contributed by atoms with Crippen molar-refractivity contribution in [2.45, 2.75) is 84.2 Å². The molecular weight excluding hydrogens is 258 g/mol. The maximum Gasteiger partial charge on any atom is 0.0625 e. The Morgan fingerprint density at radius 2 is 2.10 bits per heavy atom. The summed E-state index contributed by atoms with van der Waals surface area (Å²) in [6.07, 6.45) is 12.4. The highest BCUT2D eigenvalue weighted by molar-refractivity contribution is 5.01. The van der Waals surface area contributed by atoms with Gasteiger partial charge in [-0.25, -0.2) is 0 Å². The molecule has 1 aromatic rings. The lowest BCUT2D eigenvalue weighted by molar-refractivity contribution is 0.395. The first kappa shape index (κ1) is 16.5. The van der Waals surface area contributed by atoms with Gasteiger partial charge < -0.3 is 5.32 Å². The van der Waals surface area contributed by atoms with Crippen LogP contribution in [0.4, 0.5) is 0 Å². The molecule has 1 aliphatic rings. The Kier molecular flexibility index (Phi) is 6.75. The zero-order chi connectivity index (χ0) is 15.1. The maximum absolute atomic E-state index is 4.81. The van der Waals surface area contributed by atoms with E-state index in [2.05, 4.69) is 43.0 Å². The van der Waals surface area contributed by atoms with Crippen molar-refractivity contribution < 1.29 is 0 Å². The third kappa shape index (κ3) is 5.46. The molecule has 0 amide bonds. The van der Waals surface area contributed by atoms with Gasteiger partial charge in [0.05, 0.1) is 11.7 Å². The number of nitrogens with zero attached hydrogens (tertiary/aromatic N) is 2. The van der Waals surface area contributed by atoms with E-state index in [-0.39, 0.29) is 0 Å². The van der Waals surface area contributed by atoms with E-state index >= 15 is 0 Å². The van der Waals surface area contributed by atoms with Gasteiger partial charge in [-0.2, -0.15) is 5.10 Å². The van der Waals surface area contributed by atoms with E-state index in [9.17, 15) is 0 Å². The smallest absolute Gasteiger partial charge is 0.0625 e. The summed E-state index contributed by atoms with van der Waals surface area (Å²) in [4.78, 5) is 0. The largest absolute Gasteiger partial charge is 0.314 e.